The molecule has 0 aliphatic carbocycles. The van der Waals surface area contributed by atoms with E-state index in [1.54, 1.807) is 31.2 Å². The molecule has 3 rings (SSSR count). The molecule has 5 nitrogen and oxygen atoms in total. The first kappa shape index (κ1) is 21.0. The van der Waals surface area contributed by atoms with Crippen molar-refractivity contribution in [1.82, 2.24) is 0 Å². The topological polar surface area (TPSA) is 49.9 Å². The summed E-state index contributed by atoms with van der Waals surface area (Å²) in [5.41, 5.74) is 3.30. The van der Waals surface area contributed by atoms with E-state index in [9.17, 15) is 9.59 Å². The van der Waals surface area contributed by atoms with Crippen molar-refractivity contribution in [1.29, 1.82) is 0 Å². The minimum Gasteiger partial charge on any atom is -0.465 e. The van der Waals surface area contributed by atoms with E-state index in [4.69, 9.17) is 27.9 Å². The van der Waals surface area contributed by atoms with Gasteiger partial charge < -0.3 is 9.64 Å². The Labute approximate surface area is 179 Å². The molecule has 7 heteroatoms. The zero-order valence-corrected chi connectivity index (χ0v) is 18.0. The second-order valence-corrected chi connectivity index (χ2v) is 7.55. The molecule has 0 N–H and O–H groups in total. The van der Waals surface area contributed by atoms with Gasteiger partial charge in [-0.25, -0.2) is 4.79 Å². The number of rotatable bonds is 4. The number of allylic oxidation sites excluding steroid dienone is 1. The Morgan fingerprint density at radius 2 is 1.72 bits per heavy atom. The van der Waals surface area contributed by atoms with Gasteiger partial charge in [-0.3, -0.25) is 9.69 Å². The highest BCUT2D eigenvalue weighted by molar-refractivity contribution is 6.42. The first-order chi connectivity index (χ1) is 13.7. The third-order valence-corrected chi connectivity index (χ3v) is 5.41. The van der Waals surface area contributed by atoms with Crippen LogP contribution in [-0.4, -0.2) is 33.1 Å². The third kappa shape index (κ3) is 4.02. The number of halogens is 2. The minimum atomic E-state index is -0.574. The van der Waals surface area contributed by atoms with Gasteiger partial charge in [0.15, 0.2) is 0 Å². The van der Waals surface area contributed by atoms with E-state index in [0.29, 0.717) is 21.4 Å². The van der Waals surface area contributed by atoms with Crippen molar-refractivity contribution in [2.75, 3.05) is 31.0 Å². The molecule has 0 bridgehead atoms. The van der Waals surface area contributed by atoms with E-state index in [1.165, 1.54) is 12.0 Å². The Morgan fingerprint density at radius 1 is 1.07 bits per heavy atom. The zero-order chi connectivity index (χ0) is 21.3. The number of ether oxygens (including phenoxy) is 1. The highest BCUT2D eigenvalue weighted by atomic mass is 35.5. The average molecular weight is 431 g/mol. The standard InChI is InChI=1S/C22H20Cl2N2O3/c1-13-20(22(28)29-4)17(11-14-5-7-15(8-6-14)25(2)3)21(27)26(13)16-9-10-18(23)19(24)12-16/h5-12H,1-4H3/b17-11-. The number of carbonyl (C=O) groups excluding carboxylic acids is 2. The van der Waals surface area contributed by atoms with E-state index >= 15 is 0 Å². The predicted octanol–water partition coefficient (Wildman–Crippen LogP) is 4.94. The number of carbonyl (C=O) groups is 2. The SMILES string of the molecule is COC(=O)C1=C(C)N(c2ccc(Cl)c(Cl)c2)C(=O)/C1=C\c1ccc(N(C)C)cc1. The molecule has 0 aromatic heterocycles. The number of nitrogens with zero attached hydrogens (tertiary/aromatic N) is 2. The van der Waals surface area contributed by atoms with Crippen LogP contribution in [0.1, 0.15) is 12.5 Å². The summed E-state index contributed by atoms with van der Waals surface area (Å²) in [5, 5.41) is 0.703. The normalized spacial score (nSPS) is 15.3. The summed E-state index contributed by atoms with van der Waals surface area (Å²) in [6.45, 7) is 1.70. The van der Waals surface area contributed by atoms with E-state index in [0.717, 1.165) is 11.3 Å². The molecule has 2 aromatic carbocycles. The van der Waals surface area contributed by atoms with Crippen LogP contribution in [0.25, 0.3) is 6.08 Å². The second-order valence-electron chi connectivity index (χ2n) is 6.73. The zero-order valence-electron chi connectivity index (χ0n) is 16.5. The Balaban J connectivity index is 2.09. The van der Waals surface area contributed by atoms with E-state index in [-0.39, 0.29) is 17.1 Å². The van der Waals surface area contributed by atoms with Crippen LogP contribution in [0.2, 0.25) is 10.0 Å². The van der Waals surface area contributed by atoms with Gasteiger partial charge in [-0.15, -0.1) is 0 Å². The molecule has 0 saturated heterocycles. The summed E-state index contributed by atoms with van der Waals surface area (Å²) < 4.78 is 4.93. The first-order valence-corrected chi connectivity index (χ1v) is 9.58. The fourth-order valence-electron chi connectivity index (χ4n) is 3.15. The smallest absolute Gasteiger partial charge is 0.340 e. The summed E-state index contributed by atoms with van der Waals surface area (Å²) in [5.74, 6) is -0.910. The van der Waals surface area contributed by atoms with Gasteiger partial charge in [0.1, 0.15) is 0 Å². The lowest BCUT2D eigenvalue weighted by atomic mass is 10.0. The quantitative estimate of drug-likeness (QED) is 0.509. The van der Waals surface area contributed by atoms with Crippen LogP contribution in [0.5, 0.6) is 0 Å². The summed E-state index contributed by atoms with van der Waals surface area (Å²) in [6.07, 6.45) is 1.69. The molecule has 0 unspecified atom stereocenters. The maximum absolute atomic E-state index is 13.2. The molecular formula is C22H20Cl2N2O3. The average Bonchev–Trinajstić information content (AvgIpc) is 2.94. The number of anilines is 2. The van der Waals surface area contributed by atoms with Gasteiger partial charge in [-0.05, 0) is 48.9 Å². The molecule has 1 heterocycles. The van der Waals surface area contributed by atoms with Crippen LogP contribution in [0.3, 0.4) is 0 Å². The number of hydrogen-bond acceptors (Lipinski definition) is 4. The van der Waals surface area contributed by atoms with Crippen molar-refractivity contribution in [3.63, 3.8) is 0 Å². The molecule has 1 aliphatic rings. The largest absolute Gasteiger partial charge is 0.465 e. The van der Waals surface area contributed by atoms with Crippen LogP contribution in [0, 0.1) is 0 Å². The lowest BCUT2D eigenvalue weighted by Gasteiger charge is -2.18. The van der Waals surface area contributed by atoms with Crippen LogP contribution >= 0.6 is 23.2 Å². The number of hydrogen-bond donors (Lipinski definition) is 0. The number of methoxy groups -OCH3 is 1. The molecule has 0 saturated carbocycles. The molecule has 1 aliphatic heterocycles. The summed E-state index contributed by atoms with van der Waals surface area (Å²) >= 11 is 12.1. The first-order valence-electron chi connectivity index (χ1n) is 8.82. The van der Waals surface area contributed by atoms with Crippen molar-refractivity contribution in [3.05, 3.63) is 74.9 Å². The van der Waals surface area contributed by atoms with Gasteiger partial charge in [-0.2, -0.15) is 0 Å². The van der Waals surface area contributed by atoms with E-state index in [1.807, 2.05) is 43.3 Å². The fraction of sp³-hybridized carbons (Fsp3) is 0.182. The van der Waals surface area contributed by atoms with Gasteiger partial charge in [0.25, 0.3) is 5.91 Å². The number of amides is 1. The van der Waals surface area contributed by atoms with Gasteiger partial charge >= 0.3 is 5.97 Å². The molecule has 0 fully saturated rings. The van der Waals surface area contributed by atoms with E-state index in [2.05, 4.69) is 0 Å². The van der Waals surface area contributed by atoms with Crippen molar-refractivity contribution in [3.8, 4) is 0 Å². The lowest BCUT2D eigenvalue weighted by Crippen LogP contribution is -2.24. The van der Waals surface area contributed by atoms with Crippen LogP contribution in [0.4, 0.5) is 11.4 Å². The van der Waals surface area contributed by atoms with Gasteiger partial charge in [-0.1, -0.05) is 35.3 Å². The van der Waals surface area contributed by atoms with Crippen LogP contribution in [-0.2, 0) is 14.3 Å². The Bertz CT molecular complexity index is 1040. The molecule has 0 atom stereocenters. The summed E-state index contributed by atoms with van der Waals surface area (Å²) in [6, 6.07) is 12.5. The molecular weight excluding hydrogens is 411 g/mol. The predicted molar refractivity (Wildman–Crippen MR) is 117 cm³/mol. The fourth-order valence-corrected chi connectivity index (χ4v) is 3.44. The van der Waals surface area contributed by atoms with Crippen LogP contribution in [0.15, 0.2) is 59.3 Å². The molecule has 2 aromatic rings. The van der Waals surface area contributed by atoms with Crippen molar-refractivity contribution >= 4 is 52.5 Å². The van der Waals surface area contributed by atoms with Gasteiger partial charge in [0.05, 0.1) is 34.0 Å². The maximum atomic E-state index is 13.2. The number of benzene rings is 2. The van der Waals surface area contributed by atoms with Gasteiger partial charge in [0.2, 0.25) is 0 Å². The summed E-state index contributed by atoms with van der Waals surface area (Å²) in [4.78, 5) is 29.1. The Morgan fingerprint density at radius 3 is 2.28 bits per heavy atom. The lowest BCUT2D eigenvalue weighted by molar-refractivity contribution is -0.136. The Kier molecular flexibility index (Phi) is 6.01. The monoisotopic (exact) mass is 430 g/mol. The Hall–Kier alpha value is -2.76. The maximum Gasteiger partial charge on any atom is 0.340 e. The molecule has 0 radical (unpaired) electrons. The van der Waals surface area contributed by atoms with Crippen molar-refractivity contribution in [2.24, 2.45) is 0 Å². The molecule has 0 spiro atoms. The number of esters is 1. The van der Waals surface area contributed by atoms with E-state index < -0.39 is 5.97 Å². The summed E-state index contributed by atoms with van der Waals surface area (Å²) in [7, 11) is 5.19. The molecule has 1 amide bonds. The molecule has 29 heavy (non-hydrogen) atoms. The highest BCUT2D eigenvalue weighted by Crippen LogP contribution is 2.37. The minimum absolute atomic E-state index is 0.222. The molecule has 150 valence electrons. The van der Waals surface area contributed by atoms with Gasteiger partial charge in [0, 0.05) is 25.5 Å². The third-order valence-electron chi connectivity index (χ3n) is 4.67. The second kappa shape index (κ2) is 8.31. The van der Waals surface area contributed by atoms with Crippen LogP contribution < -0.4 is 9.80 Å². The highest BCUT2D eigenvalue weighted by Gasteiger charge is 2.38. The van der Waals surface area contributed by atoms with Crippen molar-refractivity contribution < 1.29 is 14.3 Å². The van der Waals surface area contributed by atoms with Crippen molar-refractivity contribution in [2.45, 2.75) is 6.92 Å².